The van der Waals surface area contributed by atoms with Crippen LogP contribution in [0.3, 0.4) is 0 Å². The zero-order chi connectivity index (χ0) is 16.9. The van der Waals surface area contributed by atoms with Gasteiger partial charge in [0.05, 0.1) is 5.71 Å². The van der Waals surface area contributed by atoms with Gasteiger partial charge in [0.15, 0.2) is 11.4 Å². The van der Waals surface area contributed by atoms with E-state index in [1.54, 1.807) is 4.90 Å². The molecule has 1 aliphatic rings. The molecule has 0 N–H and O–H groups in total. The molecule has 0 amide bonds. The van der Waals surface area contributed by atoms with Gasteiger partial charge < -0.3 is 4.90 Å². The van der Waals surface area contributed by atoms with Gasteiger partial charge in [-0.3, -0.25) is 0 Å². The highest BCUT2D eigenvalue weighted by atomic mass is 15.2. The molecule has 0 aromatic heterocycles. The fourth-order valence-corrected chi connectivity index (χ4v) is 2.40. The fraction of sp³-hybridized carbons (Fsp3) is 0.0500. The van der Waals surface area contributed by atoms with Crippen LogP contribution in [-0.4, -0.2) is 5.71 Å². The van der Waals surface area contributed by atoms with Gasteiger partial charge >= 0.3 is 0 Å². The van der Waals surface area contributed by atoms with E-state index in [2.05, 4.69) is 4.99 Å². The number of benzene rings is 2. The van der Waals surface area contributed by atoms with Crippen molar-refractivity contribution in [2.24, 2.45) is 4.99 Å². The standard InChI is InChI=1S/C20H14N4/c1-15-7-9-16(10-8-15)19-11-12-24(18-5-3-2-4-6-18)20(23-19)17(13-21)14-22/h2-12H,1H3. The lowest BCUT2D eigenvalue weighted by molar-refractivity contribution is 1.08. The third-order valence-corrected chi connectivity index (χ3v) is 3.66. The molecule has 0 saturated heterocycles. The maximum atomic E-state index is 9.29. The van der Waals surface area contributed by atoms with Crippen LogP contribution < -0.4 is 4.90 Å². The predicted molar refractivity (Wildman–Crippen MR) is 94.0 cm³/mol. The Balaban J connectivity index is 2.10. The van der Waals surface area contributed by atoms with Gasteiger partial charge in [0.25, 0.3) is 0 Å². The SMILES string of the molecule is Cc1ccc(C2=NC(=C(C#N)C#N)N(c3ccccc3)C=C2)cc1. The Morgan fingerprint density at radius 3 is 2.25 bits per heavy atom. The topological polar surface area (TPSA) is 63.2 Å². The average molecular weight is 310 g/mol. The van der Waals surface area contributed by atoms with Crippen molar-refractivity contribution in [3.63, 3.8) is 0 Å². The molecular formula is C20H14N4. The van der Waals surface area contributed by atoms with E-state index in [9.17, 15) is 10.5 Å². The molecule has 0 atom stereocenters. The number of aliphatic imine (C=N–C) groups is 1. The first kappa shape index (κ1) is 15.3. The second-order valence-corrected chi connectivity index (χ2v) is 5.31. The Labute approximate surface area is 140 Å². The third kappa shape index (κ3) is 2.95. The summed E-state index contributed by atoms with van der Waals surface area (Å²) in [6.45, 7) is 2.02. The number of allylic oxidation sites excluding steroid dienone is 2. The average Bonchev–Trinajstić information content (AvgIpc) is 2.64. The van der Waals surface area contributed by atoms with E-state index in [0.29, 0.717) is 5.82 Å². The summed E-state index contributed by atoms with van der Waals surface area (Å²) < 4.78 is 0. The maximum Gasteiger partial charge on any atom is 0.172 e. The Bertz CT molecular complexity index is 904. The van der Waals surface area contributed by atoms with Crippen LogP contribution in [0, 0.1) is 29.6 Å². The molecule has 4 nitrogen and oxygen atoms in total. The Kier molecular flexibility index (Phi) is 4.23. The molecule has 0 bridgehead atoms. The lowest BCUT2D eigenvalue weighted by Crippen LogP contribution is -2.21. The molecule has 2 aromatic rings. The van der Waals surface area contributed by atoms with Gasteiger partial charge in [-0.1, -0.05) is 48.0 Å². The van der Waals surface area contributed by atoms with Crippen molar-refractivity contribution >= 4 is 11.4 Å². The minimum absolute atomic E-state index is 0.0205. The highest BCUT2D eigenvalue weighted by molar-refractivity contribution is 6.10. The van der Waals surface area contributed by atoms with Crippen LogP contribution in [-0.2, 0) is 0 Å². The van der Waals surface area contributed by atoms with Crippen LogP contribution in [0.4, 0.5) is 5.69 Å². The quantitative estimate of drug-likeness (QED) is 0.785. The van der Waals surface area contributed by atoms with Crippen molar-refractivity contribution in [3.8, 4) is 12.1 Å². The van der Waals surface area contributed by atoms with Crippen LogP contribution in [0.25, 0.3) is 0 Å². The highest BCUT2D eigenvalue weighted by Gasteiger charge is 2.19. The van der Waals surface area contributed by atoms with Crippen LogP contribution in [0.2, 0.25) is 0 Å². The predicted octanol–water partition coefficient (Wildman–Crippen LogP) is 4.08. The van der Waals surface area contributed by atoms with Crippen LogP contribution in [0.15, 0.2) is 83.3 Å². The van der Waals surface area contributed by atoms with Crippen molar-refractivity contribution < 1.29 is 0 Å². The van der Waals surface area contributed by atoms with Gasteiger partial charge in [0.2, 0.25) is 0 Å². The first-order valence-electron chi connectivity index (χ1n) is 7.45. The summed E-state index contributed by atoms with van der Waals surface area (Å²) in [5.74, 6) is 0.337. The number of nitrogens with zero attached hydrogens (tertiary/aromatic N) is 4. The summed E-state index contributed by atoms with van der Waals surface area (Å²) in [6, 6.07) is 21.4. The van der Waals surface area contributed by atoms with Gasteiger partial charge in [-0.25, -0.2) is 4.99 Å². The number of para-hydroxylation sites is 1. The molecule has 3 rings (SSSR count). The normalized spacial score (nSPS) is 13.0. The van der Waals surface area contributed by atoms with E-state index in [-0.39, 0.29) is 5.57 Å². The molecule has 0 fully saturated rings. The lowest BCUT2D eigenvalue weighted by atomic mass is 10.1. The van der Waals surface area contributed by atoms with Gasteiger partial charge in [-0.05, 0) is 25.1 Å². The molecule has 0 saturated carbocycles. The number of hydrogen-bond acceptors (Lipinski definition) is 4. The zero-order valence-electron chi connectivity index (χ0n) is 13.1. The number of anilines is 1. The Morgan fingerprint density at radius 1 is 0.958 bits per heavy atom. The minimum Gasteiger partial charge on any atom is -0.300 e. The molecule has 0 radical (unpaired) electrons. The lowest BCUT2D eigenvalue weighted by Gasteiger charge is -2.24. The summed E-state index contributed by atoms with van der Waals surface area (Å²) in [4.78, 5) is 6.32. The second kappa shape index (κ2) is 6.64. The van der Waals surface area contributed by atoms with E-state index < -0.39 is 0 Å². The molecule has 114 valence electrons. The molecule has 4 heteroatoms. The summed E-state index contributed by atoms with van der Waals surface area (Å²) in [5.41, 5.74) is 3.65. The molecule has 0 spiro atoms. The monoisotopic (exact) mass is 310 g/mol. The van der Waals surface area contributed by atoms with Gasteiger partial charge in [0, 0.05) is 17.5 Å². The van der Waals surface area contributed by atoms with Crippen molar-refractivity contribution in [1.82, 2.24) is 0 Å². The van der Waals surface area contributed by atoms with Crippen LogP contribution in [0.5, 0.6) is 0 Å². The van der Waals surface area contributed by atoms with Crippen molar-refractivity contribution in [3.05, 3.63) is 89.4 Å². The first-order valence-corrected chi connectivity index (χ1v) is 7.45. The van der Waals surface area contributed by atoms with Gasteiger partial charge in [-0.15, -0.1) is 0 Å². The van der Waals surface area contributed by atoms with E-state index in [1.165, 1.54) is 0 Å². The third-order valence-electron chi connectivity index (χ3n) is 3.66. The summed E-state index contributed by atoms with van der Waals surface area (Å²) in [7, 11) is 0. The van der Waals surface area contributed by atoms with Crippen molar-refractivity contribution in [2.75, 3.05) is 4.90 Å². The molecule has 24 heavy (non-hydrogen) atoms. The summed E-state index contributed by atoms with van der Waals surface area (Å²) in [6.07, 6.45) is 3.72. The summed E-state index contributed by atoms with van der Waals surface area (Å²) in [5, 5.41) is 18.6. The van der Waals surface area contributed by atoms with E-state index in [4.69, 9.17) is 0 Å². The maximum absolute atomic E-state index is 9.29. The van der Waals surface area contributed by atoms with Crippen molar-refractivity contribution in [2.45, 2.75) is 6.92 Å². The summed E-state index contributed by atoms with van der Waals surface area (Å²) >= 11 is 0. The van der Waals surface area contributed by atoms with Gasteiger partial charge in [0.1, 0.15) is 12.1 Å². The van der Waals surface area contributed by atoms with Crippen LogP contribution in [0.1, 0.15) is 11.1 Å². The second-order valence-electron chi connectivity index (χ2n) is 5.31. The highest BCUT2D eigenvalue weighted by Crippen LogP contribution is 2.26. The van der Waals surface area contributed by atoms with Crippen LogP contribution >= 0.6 is 0 Å². The zero-order valence-corrected chi connectivity index (χ0v) is 13.1. The van der Waals surface area contributed by atoms with E-state index in [1.807, 2.05) is 85.9 Å². The van der Waals surface area contributed by atoms with Gasteiger partial charge in [-0.2, -0.15) is 10.5 Å². The molecule has 0 unspecified atom stereocenters. The molecule has 1 heterocycles. The molecule has 2 aromatic carbocycles. The molecular weight excluding hydrogens is 296 g/mol. The number of rotatable bonds is 2. The number of nitriles is 2. The number of aryl methyl sites for hydroxylation is 1. The Morgan fingerprint density at radius 2 is 1.62 bits per heavy atom. The first-order chi connectivity index (χ1) is 11.7. The largest absolute Gasteiger partial charge is 0.300 e. The Hall–Kier alpha value is -3.63. The minimum atomic E-state index is -0.0205. The van der Waals surface area contributed by atoms with E-state index >= 15 is 0 Å². The smallest absolute Gasteiger partial charge is 0.172 e. The van der Waals surface area contributed by atoms with Crippen molar-refractivity contribution in [1.29, 1.82) is 10.5 Å². The van der Waals surface area contributed by atoms with E-state index in [0.717, 1.165) is 22.5 Å². The molecule has 1 aliphatic heterocycles. The fourth-order valence-electron chi connectivity index (χ4n) is 2.40. The molecule has 0 aliphatic carbocycles. The number of hydrogen-bond donors (Lipinski definition) is 0.